The zero-order valence-electron chi connectivity index (χ0n) is 12.7. The first kappa shape index (κ1) is 16.9. The number of rotatable bonds is 5. The molecule has 0 aliphatic heterocycles. The maximum atomic E-state index is 12.4. The molecule has 0 aliphatic carbocycles. The molecule has 3 N–H and O–H groups in total. The lowest BCUT2D eigenvalue weighted by molar-refractivity contribution is 0.234. The third-order valence-electron chi connectivity index (χ3n) is 2.49. The average molecular weight is 300 g/mol. The van der Waals surface area contributed by atoms with Crippen LogP contribution in [0, 0.1) is 0 Å². The number of hydrogen-bond acceptors (Lipinski definition) is 4. The molecule has 0 bridgehead atoms. The summed E-state index contributed by atoms with van der Waals surface area (Å²) in [6.45, 7) is 8.87. The Kier molecular flexibility index (Phi) is 4.84. The van der Waals surface area contributed by atoms with Gasteiger partial charge in [0.25, 0.3) is 0 Å². The van der Waals surface area contributed by atoms with Crippen LogP contribution in [-0.2, 0) is 10.0 Å². The van der Waals surface area contributed by atoms with Crippen LogP contribution in [0.15, 0.2) is 29.2 Å². The van der Waals surface area contributed by atoms with E-state index in [0.29, 0.717) is 5.69 Å². The van der Waals surface area contributed by atoms with Crippen LogP contribution < -0.4 is 10.0 Å². The maximum absolute atomic E-state index is 12.4. The molecule has 0 atom stereocenters. The van der Waals surface area contributed by atoms with Crippen LogP contribution in [-0.4, -0.2) is 31.2 Å². The molecule has 0 radical (unpaired) electrons. The predicted octanol–water partition coefficient (Wildman–Crippen LogP) is 1.95. The number of anilines is 1. The van der Waals surface area contributed by atoms with Crippen molar-refractivity contribution in [1.82, 2.24) is 4.72 Å². The molecule has 0 heterocycles. The van der Waals surface area contributed by atoms with Crippen molar-refractivity contribution in [2.45, 2.75) is 50.6 Å². The van der Waals surface area contributed by atoms with Gasteiger partial charge >= 0.3 is 0 Å². The molecule has 0 saturated heterocycles. The minimum atomic E-state index is -3.62. The zero-order chi connectivity index (χ0) is 15.6. The van der Waals surface area contributed by atoms with Gasteiger partial charge in [0.05, 0.1) is 17.8 Å². The van der Waals surface area contributed by atoms with Crippen LogP contribution in [0.4, 0.5) is 5.69 Å². The first-order valence-electron chi connectivity index (χ1n) is 6.49. The Morgan fingerprint density at radius 3 is 2.15 bits per heavy atom. The summed E-state index contributed by atoms with van der Waals surface area (Å²) in [4.78, 5) is 0.177. The number of hydrogen-bond donors (Lipinski definition) is 3. The highest BCUT2D eigenvalue weighted by molar-refractivity contribution is 7.89. The molecule has 0 saturated carbocycles. The van der Waals surface area contributed by atoms with Crippen molar-refractivity contribution in [2.24, 2.45) is 0 Å². The third-order valence-corrected chi connectivity index (χ3v) is 4.30. The van der Waals surface area contributed by atoms with E-state index >= 15 is 0 Å². The number of benzene rings is 1. The molecule has 0 fully saturated rings. The highest BCUT2D eigenvalue weighted by atomic mass is 32.2. The van der Waals surface area contributed by atoms with E-state index in [-0.39, 0.29) is 11.5 Å². The summed E-state index contributed by atoms with van der Waals surface area (Å²) in [6.07, 6.45) is 0. The second-order valence-electron chi connectivity index (χ2n) is 6.52. The van der Waals surface area contributed by atoms with Gasteiger partial charge in [0, 0.05) is 5.54 Å². The van der Waals surface area contributed by atoms with E-state index in [4.69, 9.17) is 0 Å². The van der Waals surface area contributed by atoms with Crippen LogP contribution in [0.25, 0.3) is 0 Å². The van der Waals surface area contributed by atoms with Gasteiger partial charge in [0.2, 0.25) is 10.0 Å². The van der Waals surface area contributed by atoms with Crippen LogP contribution in [0.1, 0.15) is 34.6 Å². The predicted molar refractivity (Wildman–Crippen MR) is 81.3 cm³/mol. The lowest BCUT2D eigenvalue weighted by Crippen LogP contribution is -2.41. The van der Waals surface area contributed by atoms with E-state index in [1.807, 2.05) is 0 Å². The monoisotopic (exact) mass is 300 g/mol. The Morgan fingerprint density at radius 1 is 1.10 bits per heavy atom. The molecular weight excluding hydrogens is 276 g/mol. The molecule has 0 spiro atoms. The Bertz CT molecular complexity index is 560. The fourth-order valence-electron chi connectivity index (χ4n) is 1.67. The number of aliphatic hydroxyl groups excluding tert-OH is 1. The van der Waals surface area contributed by atoms with Gasteiger partial charge in [-0.05, 0) is 46.8 Å². The molecule has 0 aliphatic rings. The van der Waals surface area contributed by atoms with E-state index in [2.05, 4.69) is 10.0 Å². The molecule has 6 heteroatoms. The normalized spacial score (nSPS) is 13.3. The number of para-hydroxylation sites is 1. The van der Waals surface area contributed by atoms with Crippen molar-refractivity contribution in [3.8, 4) is 0 Å². The first-order valence-corrected chi connectivity index (χ1v) is 7.97. The van der Waals surface area contributed by atoms with Gasteiger partial charge in [-0.25, -0.2) is 13.1 Å². The molecule has 0 unspecified atom stereocenters. The Labute approximate surface area is 121 Å². The summed E-state index contributed by atoms with van der Waals surface area (Å²) < 4.78 is 27.5. The summed E-state index contributed by atoms with van der Waals surface area (Å²) in [5.41, 5.74) is -0.686. The average Bonchev–Trinajstić information content (AvgIpc) is 2.26. The van der Waals surface area contributed by atoms with Gasteiger partial charge in [0.1, 0.15) is 4.90 Å². The number of aliphatic hydroxyl groups is 1. The van der Waals surface area contributed by atoms with Crippen LogP contribution >= 0.6 is 0 Å². The molecule has 5 nitrogen and oxygen atoms in total. The van der Waals surface area contributed by atoms with E-state index in [9.17, 15) is 13.5 Å². The fraction of sp³-hybridized carbons (Fsp3) is 0.571. The Hall–Kier alpha value is -1.11. The quantitative estimate of drug-likeness (QED) is 0.776. The molecule has 1 rings (SSSR count). The molecule has 1 aromatic rings. The van der Waals surface area contributed by atoms with Crippen LogP contribution in [0.3, 0.4) is 0 Å². The van der Waals surface area contributed by atoms with Gasteiger partial charge in [-0.15, -0.1) is 0 Å². The SMILES string of the molecule is CC(C)(C)NS(=O)(=O)c1ccccc1NC(C)(C)CO. The molecule has 0 amide bonds. The van der Waals surface area contributed by atoms with E-state index in [0.717, 1.165) is 0 Å². The minimum absolute atomic E-state index is 0.103. The zero-order valence-corrected chi connectivity index (χ0v) is 13.5. The molecule has 114 valence electrons. The van der Waals surface area contributed by atoms with Crippen molar-refractivity contribution in [1.29, 1.82) is 0 Å². The van der Waals surface area contributed by atoms with Crippen LogP contribution in [0.2, 0.25) is 0 Å². The van der Waals surface area contributed by atoms with Gasteiger partial charge in [-0.1, -0.05) is 12.1 Å². The summed E-state index contributed by atoms with van der Waals surface area (Å²) in [5, 5.41) is 12.4. The summed E-state index contributed by atoms with van der Waals surface area (Å²) >= 11 is 0. The van der Waals surface area contributed by atoms with Crippen LogP contribution in [0.5, 0.6) is 0 Å². The lowest BCUT2D eigenvalue weighted by Gasteiger charge is -2.27. The van der Waals surface area contributed by atoms with Gasteiger partial charge < -0.3 is 10.4 Å². The molecule has 1 aromatic carbocycles. The number of nitrogens with one attached hydrogen (secondary N) is 2. The molecular formula is C14H24N2O3S. The Morgan fingerprint density at radius 2 is 1.65 bits per heavy atom. The molecule has 20 heavy (non-hydrogen) atoms. The minimum Gasteiger partial charge on any atom is -0.394 e. The van der Waals surface area contributed by atoms with Crippen molar-refractivity contribution in [2.75, 3.05) is 11.9 Å². The topological polar surface area (TPSA) is 78.4 Å². The third kappa shape index (κ3) is 4.77. The van der Waals surface area contributed by atoms with Crippen molar-refractivity contribution in [3.63, 3.8) is 0 Å². The lowest BCUT2D eigenvalue weighted by atomic mass is 10.1. The Balaban J connectivity index is 3.20. The summed E-state index contributed by atoms with van der Waals surface area (Å²) in [6, 6.07) is 6.67. The van der Waals surface area contributed by atoms with E-state index in [1.165, 1.54) is 0 Å². The van der Waals surface area contributed by atoms with Crippen molar-refractivity contribution < 1.29 is 13.5 Å². The van der Waals surface area contributed by atoms with Crippen molar-refractivity contribution >= 4 is 15.7 Å². The van der Waals surface area contributed by atoms with Gasteiger partial charge in [-0.2, -0.15) is 0 Å². The van der Waals surface area contributed by atoms with E-state index in [1.54, 1.807) is 58.9 Å². The largest absolute Gasteiger partial charge is 0.394 e. The smallest absolute Gasteiger partial charge is 0.243 e. The second-order valence-corrected chi connectivity index (χ2v) is 8.17. The first-order chi connectivity index (χ1) is 8.97. The maximum Gasteiger partial charge on any atom is 0.243 e. The standard InChI is InChI=1S/C14H24N2O3S/c1-13(2,3)16-20(18,19)12-9-7-6-8-11(12)15-14(4,5)10-17/h6-9,15-17H,10H2,1-5H3. The van der Waals surface area contributed by atoms with E-state index < -0.39 is 21.1 Å². The van der Waals surface area contributed by atoms with Gasteiger partial charge in [-0.3, -0.25) is 0 Å². The highest BCUT2D eigenvalue weighted by Crippen LogP contribution is 2.25. The number of sulfonamides is 1. The summed E-state index contributed by atoms with van der Waals surface area (Å²) in [5.74, 6) is 0. The fourth-order valence-corrected chi connectivity index (χ4v) is 3.25. The molecule has 0 aromatic heterocycles. The summed E-state index contributed by atoms with van der Waals surface area (Å²) in [7, 11) is -3.62. The van der Waals surface area contributed by atoms with Crippen molar-refractivity contribution in [3.05, 3.63) is 24.3 Å². The second kappa shape index (κ2) is 5.71. The highest BCUT2D eigenvalue weighted by Gasteiger charge is 2.26. The van der Waals surface area contributed by atoms with Gasteiger partial charge in [0.15, 0.2) is 0 Å².